The molecular formula is C18H23FN2O7S. The molecule has 160 valence electrons. The van der Waals surface area contributed by atoms with Gasteiger partial charge in [0, 0.05) is 13.0 Å². The number of sulfone groups is 1. The molecule has 11 heteroatoms. The van der Waals surface area contributed by atoms with Gasteiger partial charge in [0.2, 0.25) is 9.84 Å². The van der Waals surface area contributed by atoms with Crippen molar-refractivity contribution in [1.29, 1.82) is 0 Å². The van der Waals surface area contributed by atoms with E-state index >= 15 is 0 Å². The van der Waals surface area contributed by atoms with E-state index in [0.29, 0.717) is 4.90 Å². The average molecular weight is 430 g/mol. The van der Waals surface area contributed by atoms with Crippen molar-refractivity contribution >= 4 is 27.5 Å². The molecule has 1 heterocycles. The van der Waals surface area contributed by atoms with E-state index < -0.39 is 49.8 Å². The molecule has 0 aliphatic carbocycles. The zero-order valence-electron chi connectivity index (χ0n) is 16.5. The van der Waals surface area contributed by atoms with Gasteiger partial charge in [-0.3, -0.25) is 4.79 Å². The summed E-state index contributed by atoms with van der Waals surface area (Å²) in [7, 11) is -3.17. The standard InChI is InChI=1S/C18H23FN2O7S/c1-18(2,3)28-17(24)21-9-8-13(22)15(16(21)23)29(25,26)10-20-12-7-5-6-11(19)14(12)27-4/h5-7,20,22H,8-10H2,1-4H3. The fraction of sp³-hybridized carbons (Fsp3) is 0.444. The Bertz CT molecular complexity index is 951. The number of ether oxygens (including phenoxy) is 2. The predicted octanol–water partition coefficient (Wildman–Crippen LogP) is 2.56. The molecule has 2 amide bonds. The number of hydrogen-bond acceptors (Lipinski definition) is 8. The first-order valence-electron chi connectivity index (χ1n) is 8.63. The highest BCUT2D eigenvalue weighted by Gasteiger charge is 2.40. The topological polar surface area (TPSA) is 122 Å². The summed E-state index contributed by atoms with van der Waals surface area (Å²) in [5.74, 6) is -3.58. The van der Waals surface area contributed by atoms with Gasteiger partial charge in [-0.05, 0) is 32.9 Å². The quantitative estimate of drug-likeness (QED) is 0.731. The van der Waals surface area contributed by atoms with Crippen LogP contribution in [-0.2, 0) is 19.4 Å². The number of rotatable bonds is 5. The minimum absolute atomic E-state index is 0.0448. The summed E-state index contributed by atoms with van der Waals surface area (Å²) < 4.78 is 49.2. The lowest BCUT2D eigenvalue weighted by Crippen LogP contribution is -2.46. The van der Waals surface area contributed by atoms with E-state index in [-0.39, 0.29) is 24.4 Å². The van der Waals surface area contributed by atoms with Crippen molar-refractivity contribution in [3.8, 4) is 5.75 Å². The number of benzene rings is 1. The lowest BCUT2D eigenvalue weighted by Gasteiger charge is -2.29. The maximum Gasteiger partial charge on any atom is 0.417 e. The van der Waals surface area contributed by atoms with E-state index in [1.54, 1.807) is 20.8 Å². The first-order valence-corrected chi connectivity index (χ1v) is 10.3. The highest BCUT2D eigenvalue weighted by molar-refractivity contribution is 7.96. The first-order chi connectivity index (χ1) is 13.4. The van der Waals surface area contributed by atoms with E-state index in [0.717, 1.165) is 6.07 Å². The first kappa shape index (κ1) is 22.5. The largest absolute Gasteiger partial charge is 0.511 e. The molecule has 0 aromatic heterocycles. The Hall–Kier alpha value is -2.82. The van der Waals surface area contributed by atoms with Crippen molar-refractivity contribution < 1.29 is 37.0 Å². The molecule has 2 rings (SSSR count). The van der Waals surface area contributed by atoms with Crippen LogP contribution < -0.4 is 10.1 Å². The number of nitrogens with one attached hydrogen (secondary N) is 1. The molecule has 1 aliphatic heterocycles. The van der Waals surface area contributed by atoms with Gasteiger partial charge < -0.3 is 19.9 Å². The van der Waals surface area contributed by atoms with Gasteiger partial charge in [0.15, 0.2) is 16.5 Å². The summed E-state index contributed by atoms with van der Waals surface area (Å²) in [5, 5.41) is 12.5. The van der Waals surface area contributed by atoms with Crippen LogP contribution in [0.25, 0.3) is 0 Å². The van der Waals surface area contributed by atoms with Gasteiger partial charge in [-0.25, -0.2) is 22.5 Å². The zero-order chi connectivity index (χ0) is 22.0. The summed E-state index contributed by atoms with van der Waals surface area (Å²) in [4.78, 5) is 24.5. The van der Waals surface area contributed by atoms with E-state index in [4.69, 9.17) is 9.47 Å². The number of imide groups is 1. The number of amides is 2. The molecule has 0 saturated carbocycles. The van der Waals surface area contributed by atoms with Gasteiger partial charge in [-0.1, -0.05) is 6.07 Å². The van der Waals surface area contributed by atoms with Gasteiger partial charge in [-0.15, -0.1) is 0 Å². The Kier molecular flexibility index (Phi) is 6.41. The SMILES string of the molecule is COc1c(F)cccc1NCS(=O)(=O)C1=C(O)CCN(C(=O)OC(C)(C)C)C1=O. The van der Waals surface area contributed by atoms with E-state index in [2.05, 4.69) is 5.32 Å². The third-order valence-electron chi connectivity index (χ3n) is 3.82. The van der Waals surface area contributed by atoms with Crippen molar-refractivity contribution in [3.05, 3.63) is 34.7 Å². The fourth-order valence-electron chi connectivity index (χ4n) is 2.58. The molecule has 0 fully saturated rings. The Morgan fingerprint density at radius 2 is 2.00 bits per heavy atom. The molecule has 0 spiro atoms. The second kappa shape index (κ2) is 8.27. The fourth-order valence-corrected chi connectivity index (χ4v) is 3.91. The van der Waals surface area contributed by atoms with Crippen LogP contribution in [0.1, 0.15) is 27.2 Å². The van der Waals surface area contributed by atoms with Crippen LogP contribution in [0.3, 0.4) is 0 Å². The number of nitrogens with zero attached hydrogens (tertiary/aromatic N) is 1. The number of aliphatic hydroxyl groups is 1. The van der Waals surface area contributed by atoms with Crippen LogP contribution in [0.4, 0.5) is 14.9 Å². The summed E-state index contributed by atoms with van der Waals surface area (Å²) in [5.41, 5.74) is -0.849. The Morgan fingerprint density at radius 3 is 2.59 bits per heavy atom. The van der Waals surface area contributed by atoms with Crippen LogP contribution in [-0.4, -0.2) is 55.6 Å². The number of para-hydroxylation sites is 1. The van der Waals surface area contributed by atoms with Crippen molar-refractivity contribution in [1.82, 2.24) is 4.90 Å². The lowest BCUT2D eigenvalue weighted by molar-refractivity contribution is -0.126. The summed E-state index contributed by atoms with van der Waals surface area (Å²) in [6.07, 6.45) is -1.24. The van der Waals surface area contributed by atoms with E-state index in [1.807, 2.05) is 0 Å². The Morgan fingerprint density at radius 1 is 1.34 bits per heavy atom. The second-order valence-corrected chi connectivity index (χ2v) is 9.15. The molecule has 0 saturated heterocycles. The summed E-state index contributed by atoms with van der Waals surface area (Å²) in [6, 6.07) is 3.87. The molecular weight excluding hydrogens is 407 g/mol. The van der Waals surface area contributed by atoms with Crippen molar-refractivity contribution in [2.45, 2.75) is 32.8 Å². The van der Waals surface area contributed by atoms with Crippen LogP contribution in [0.2, 0.25) is 0 Å². The molecule has 0 unspecified atom stereocenters. The van der Waals surface area contributed by atoms with Gasteiger partial charge in [-0.2, -0.15) is 0 Å². The van der Waals surface area contributed by atoms with Crippen LogP contribution in [0.5, 0.6) is 5.75 Å². The van der Waals surface area contributed by atoms with Gasteiger partial charge in [0.25, 0.3) is 5.91 Å². The number of carbonyl (C=O) groups excluding carboxylic acids is 2. The highest BCUT2D eigenvalue weighted by Crippen LogP contribution is 2.29. The number of anilines is 1. The van der Waals surface area contributed by atoms with Crippen molar-refractivity contribution in [2.24, 2.45) is 0 Å². The molecule has 0 radical (unpaired) electrons. The molecule has 0 bridgehead atoms. The third-order valence-corrected chi connectivity index (χ3v) is 5.38. The van der Waals surface area contributed by atoms with Crippen LogP contribution in [0, 0.1) is 5.82 Å². The monoisotopic (exact) mass is 430 g/mol. The zero-order valence-corrected chi connectivity index (χ0v) is 17.3. The Labute approximate surface area is 168 Å². The van der Waals surface area contributed by atoms with Crippen molar-refractivity contribution in [3.63, 3.8) is 0 Å². The summed E-state index contributed by atoms with van der Waals surface area (Å²) in [6.45, 7) is 4.57. The molecule has 1 aliphatic rings. The Balaban J connectivity index is 2.25. The van der Waals surface area contributed by atoms with E-state index in [9.17, 15) is 27.5 Å². The number of aliphatic hydroxyl groups excluding tert-OH is 1. The van der Waals surface area contributed by atoms with Crippen LogP contribution in [0.15, 0.2) is 28.9 Å². The number of carbonyl (C=O) groups is 2. The minimum atomic E-state index is -4.39. The van der Waals surface area contributed by atoms with Gasteiger partial charge >= 0.3 is 6.09 Å². The highest BCUT2D eigenvalue weighted by atomic mass is 32.2. The molecule has 0 atom stereocenters. The second-order valence-electron chi connectivity index (χ2n) is 7.22. The molecule has 1 aromatic carbocycles. The van der Waals surface area contributed by atoms with Gasteiger partial charge in [0.1, 0.15) is 17.2 Å². The van der Waals surface area contributed by atoms with E-state index in [1.165, 1.54) is 19.2 Å². The third kappa shape index (κ3) is 5.17. The molecule has 9 nitrogen and oxygen atoms in total. The maximum atomic E-state index is 13.7. The van der Waals surface area contributed by atoms with Crippen molar-refractivity contribution in [2.75, 3.05) is 24.8 Å². The lowest BCUT2D eigenvalue weighted by atomic mass is 10.2. The van der Waals surface area contributed by atoms with Gasteiger partial charge in [0.05, 0.1) is 12.8 Å². The molecule has 2 N–H and O–H groups in total. The van der Waals surface area contributed by atoms with Crippen LogP contribution >= 0.6 is 0 Å². The number of methoxy groups -OCH3 is 1. The summed E-state index contributed by atoms with van der Waals surface area (Å²) >= 11 is 0. The number of hydrogen-bond donors (Lipinski definition) is 2. The maximum absolute atomic E-state index is 13.7. The minimum Gasteiger partial charge on any atom is -0.511 e. The smallest absolute Gasteiger partial charge is 0.417 e. The molecule has 29 heavy (non-hydrogen) atoms. The number of halogens is 1. The molecule has 1 aromatic rings. The predicted molar refractivity (Wildman–Crippen MR) is 103 cm³/mol. The average Bonchev–Trinajstić information content (AvgIpc) is 2.58. The normalized spacial score (nSPS) is 15.3.